The maximum atomic E-state index is 11.1. The molecule has 100 valence electrons. The van der Waals surface area contributed by atoms with Crippen molar-refractivity contribution in [1.82, 2.24) is 10.3 Å². The Morgan fingerprint density at radius 3 is 2.79 bits per heavy atom. The Morgan fingerprint density at radius 2 is 2.11 bits per heavy atom. The molecule has 0 aliphatic heterocycles. The molecule has 5 heteroatoms. The molecular formula is C14H17N3O2. The van der Waals surface area contributed by atoms with E-state index in [2.05, 4.69) is 15.6 Å². The van der Waals surface area contributed by atoms with Crippen LogP contribution in [0.15, 0.2) is 34.9 Å². The summed E-state index contributed by atoms with van der Waals surface area (Å²) in [7, 11) is 0. The fourth-order valence-electron chi connectivity index (χ4n) is 1.77. The number of para-hydroxylation sites is 1. The van der Waals surface area contributed by atoms with Crippen LogP contribution in [0.1, 0.15) is 24.1 Å². The molecule has 0 unspecified atom stereocenters. The van der Waals surface area contributed by atoms with Crippen LogP contribution in [-0.4, -0.2) is 10.9 Å². The van der Waals surface area contributed by atoms with Crippen molar-refractivity contribution in [2.24, 2.45) is 0 Å². The fraction of sp³-hybridized carbons (Fsp3) is 0.286. The van der Waals surface area contributed by atoms with Crippen molar-refractivity contribution < 1.29 is 9.21 Å². The van der Waals surface area contributed by atoms with E-state index in [1.54, 1.807) is 6.20 Å². The third kappa shape index (κ3) is 3.93. The highest BCUT2D eigenvalue weighted by atomic mass is 16.4. The van der Waals surface area contributed by atoms with Gasteiger partial charge in [0.05, 0.1) is 12.7 Å². The molecule has 1 aromatic heterocycles. The van der Waals surface area contributed by atoms with Gasteiger partial charge in [-0.25, -0.2) is 4.98 Å². The quantitative estimate of drug-likeness (QED) is 0.864. The molecule has 0 saturated heterocycles. The van der Waals surface area contributed by atoms with Crippen LogP contribution in [0.2, 0.25) is 0 Å². The van der Waals surface area contributed by atoms with E-state index in [-0.39, 0.29) is 5.91 Å². The molecule has 0 radical (unpaired) electrons. The number of rotatable bonds is 5. The summed E-state index contributed by atoms with van der Waals surface area (Å²) in [5.74, 6) is 1.39. The maximum Gasteiger partial charge on any atom is 0.221 e. The first-order valence-electron chi connectivity index (χ1n) is 6.12. The number of hydrogen-bond acceptors (Lipinski definition) is 4. The SMILES string of the molecule is CC(=O)Nc1ccccc1CNCc1ncc(C)o1. The summed E-state index contributed by atoms with van der Waals surface area (Å²) in [5.41, 5.74) is 1.85. The van der Waals surface area contributed by atoms with E-state index < -0.39 is 0 Å². The topological polar surface area (TPSA) is 67.2 Å². The number of hydrogen-bond donors (Lipinski definition) is 2. The Labute approximate surface area is 112 Å². The first-order chi connectivity index (χ1) is 9.15. The molecule has 1 amide bonds. The predicted octanol–water partition coefficient (Wildman–Crippen LogP) is 2.23. The third-order valence-corrected chi connectivity index (χ3v) is 2.59. The number of carbonyl (C=O) groups is 1. The van der Waals surface area contributed by atoms with Crippen LogP contribution >= 0.6 is 0 Å². The van der Waals surface area contributed by atoms with Gasteiger partial charge in [-0.15, -0.1) is 0 Å². The second-order valence-electron chi connectivity index (χ2n) is 4.31. The number of amides is 1. The monoisotopic (exact) mass is 259 g/mol. The fourth-order valence-corrected chi connectivity index (χ4v) is 1.77. The summed E-state index contributed by atoms with van der Waals surface area (Å²) in [5, 5.41) is 6.05. The van der Waals surface area contributed by atoms with Crippen molar-refractivity contribution in [1.29, 1.82) is 0 Å². The maximum absolute atomic E-state index is 11.1. The number of carbonyl (C=O) groups excluding carboxylic acids is 1. The van der Waals surface area contributed by atoms with Crippen molar-refractivity contribution in [3.63, 3.8) is 0 Å². The Morgan fingerprint density at radius 1 is 1.32 bits per heavy atom. The van der Waals surface area contributed by atoms with Gasteiger partial charge in [-0.1, -0.05) is 18.2 Å². The second-order valence-corrected chi connectivity index (χ2v) is 4.31. The number of nitrogens with one attached hydrogen (secondary N) is 2. The average Bonchev–Trinajstić information content (AvgIpc) is 2.77. The van der Waals surface area contributed by atoms with Crippen LogP contribution in [0.5, 0.6) is 0 Å². The number of nitrogens with zero attached hydrogens (tertiary/aromatic N) is 1. The van der Waals surface area contributed by atoms with E-state index >= 15 is 0 Å². The molecule has 5 nitrogen and oxygen atoms in total. The highest BCUT2D eigenvalue weighted by Crippen LogP contribution is 2.14. The summed E-state index contributed by atoms with van der Waals surface area (Å²) >= 11 is 0. The van der Waals surface area contributed by atoms with Gasteiger partial charge in [0.1, 0.15) is 5.76 Å². The van der Waals surface area contributed by atoms with E-state index in [0.717, 1.165) is 17.0 Å². The molecule has 1 heterocycles. The zero-order valence-electron chi connectivity index (χ0n) is 11.1. The van der Waals surface area contributed by atoms with Gasteiger partial charge >= 0.3 is 0 Å². The summed E-state index contributed by atoms with van der Waals surface area (Å²) in [4.78, 5) is 15.2. The highest BCUT2D eigenvalue weighted by Gasteiger charge is 2.04. The van der Waals surface area contributed by atoms with Gasteiger partial charge in [0.15, 0.2) is 0 Å². The summed E-state index contributed by atoms with van der Waals surface area (Å²) < 4.78 is 5.37. The van der Waals surface area contributed by atoms with E-state index in [9.17, 15) is 4.79 Å². The van der Waals surface area contributed by atoms with Gasteiger partial charge in [0.25, 0.3) is 0 Å². The molecule has 0 spiro atoms. The molecule has 19 heavy (non-hydrogen) atoms. The van der Waals surface area contributed by atoms with Crippen LogP contribution in [0.25, 0.3) is 0 Å². The molecular weight excluding hydrogens is 242 g/mol. The van der Waals surface area contributed by atoms with Gasteiger partial charge in [0, 0.05) is 19.2 Å². The number of oxazole rings is 1. The minimum Gasteiger partial charge on any atom is -0.445 e. The first kappa shape index (κ1) is 13.3. The van der Waals surface area contributed by atoms with Gasteiger partial charge in [-0.05, 0) is 18.6 Å². The molecule has 0 aliphatic carbocycles. The Balaban J connectivity index is 1.93. The number of aryl methyl sites for hydroxylation is 1. The lowest BCUT2D eigenvalue weighted by Gasteiger charge is -2.09. The van der Waals surface area contributed by atoms with Gasteiger partial charge < -0.3 is 15.1 Å². The summed E-state index contributed by atoms with van der Waals surface area (Å²) in [6.07, 6.45) is 1.70. The largest absolute Gasteiger partial charge is 0.445 e. The van der Waals surface area contributed by atoms with Gasteiger partial charge in [-0.2, -0.15) is 0 Å². The van der Waals surface area contributed by atoms with Gasteiger partial charge in [0.2, 0.25) is 11.8 Å². The Hall–Kier alpha value is -2.14. The molecule has 0 atom stereocenters. The predicted molar refractivity (Wildman–Crippen MR) is 72.5 cm³/mol. The van der Waals surface area contributed by atoms with Crippen molar-refractivity contribution in [2.75, 3.05) is 5.32 Å². The molecule has 1 aromatic carbocycles. The molecule has 0 bridgehead atoms. The Bertz CT molecular complexity index is 563. The Kier molecular flexibility index (Phi) is 4.30. The molecule has 2 rings (SSSR count). The molecule has 0 aliphatic rings. The van der Waals surface area contributed by atoms with Gasteiger partial charge in [-0.3, -0.25) is 4.79 Å². The normalized spacial score (nSPS) is 10.4. The molecule has 2 aromatic rings. The second kappa shape index (κ2) is 6.15. The summed E-state index contributed by atoms with van der Waals surface area (Å²) in [6, 6.07) is 7.69. The lowest BCUT2D eigenvalue weighted by Crippen LogP contribution is -2.15. The molecule has 0 fully saturated rings. The van der Waals surface area contributed by atoms with Crippen LogP contribution < -0.4 is 10.6 Å². The van der Waals surface area contributed by atoms with Crippen LogP contribution in [-0.2, 0) is 17.9 Å². The van der Waals surface area contributed by atoms with Crippen molar-refractivity contribution >= 4 is 11.6 Å². The minimum absolute atomic E-state index is 0.0734. The summed E-state index contributed by atoms with van der Waals surface area (Å²) in [6.45, 7) is 4.56. The smallest absolute Gasteiger partial charge is 0.221 e. The lowest BCUT2D eigenvalue weighted by molar-refractivity contribution is -0.114. The van der Waals surface area contributed by atoms with E-state index in [0.29, 0.717) is 19.0 Å². The first-order valence-corrected chi connectivity index (χ1v) is 6.12. The average molecular weight is 259 g/mol. The molecule has 0 saturated carbocycles. The van der Waals surface area contributed by atoms with Crippen molar-refractivity contribution in [3.05, 3.63) is 47.7 Å². The van der Waals surface area contributed by atoms with E-state index in [4.69, 9.17) is 4.42 Å². The highest BCUT2D eigenvalue weighted by molar-refractivity contribution is 5.89. The standard InChI is InChI=1S/C14H17N3O2/c1-10-7-16-14(19-10)9-15-8-12-5-3-4-6-13(12)17-11(2)18/h3-7,15H,8-9H2,1-2H3,(H,17,18). The zero-order valence-corrected chi connectivity index (χ0v) is 11.1. The number of benzene rings is 1. The van der Waals surface area contributed by atoms with Crippen LogP contribution in [0.3, 0.4) is 0 Å². The number of aromatic nitrogens is 1. The minimum atomic E-state index is -0.0734. The van der Waals surface area contributed by atoms with Crippen molar-refractivity contribution in [2.45, 2.75) is 26.9 Å². The lowest BCUT2D eigenvalue weighted by atomic mass is 10.1. The van der Waals surface area contributed by atoms with E-state index in [1.807, 2.05) is 31.2 Å². The van der Waals surface area contributed by atoms with Crippen LogP contribution in [0, 0.1) is 6.92 Å². The molecule has 2 N–H and O–H groups in total. The van der Waals surface area contributed by atoms with Crippen molar-refractivity contribution in [3.8, 4) is 0 Å². The number of anilines is 1. The third-order valence-electron chi connectivity index (χ3n) is 2.59. The van der Waals surface area contributed by atoms with E-state index in [1.165, 1.54) is 6.92 Å². The zero-order chi connectivity index (χ0) is 13.7. The van der Waals surface area contributed by atoms with Crippen LogP contribution in [0.4, 0.5) is 5.69 Å².